The van der Waals surface area contributed by atoms with Gasteiger partial charge in [0.2, 0.25) is 5.95 Å². The Morgan fingerprint density at radius 3 is 2.53 bits per heavy atom. The molecule has 0 atom stereocenters. The summed E-state index contributed by atoms with van der Waals surface area (Å²) in [4.78, 5) is 16.3. The van der Waals surface area contributed by atoms with Gasteiger partial charge in [0.1, 0.15) is 11.6 Å². The summed E-state index contributed by atoms with van der Waals surface area (Å²) < 4.78 is 0. The lowest BCUT2D eigenvalue weighted by atomic mass is 10.0. The Bertz CT molecular complexity index is 1180. The van der Waals surface area contributed by atoms with Crippen LogP contribution >= 0.6 is 0 Å². The fourth-order valence-corrected chi connectivity index (χ4v) is 4.24. The number of fused-ring (bicyclic) bond motifs is 1. The van der Waals surface area contributed by atoms with Gasteiger partial charge >= 0.3 is 0 Å². The second-order valence-electron chi connectivity index (χ2n) is 8.41. The highest BCUT2D eigenvalue weighted by atomic mass is 15.2. The first kappa shape index (κ1) is 20.4. The highest BCUT2D eigenvalue weighted by Crippen LogP contribution is 2.24. The molecule has 6 heteroatoms. The van der Waals surface area contributed by atoms with Gasteiger partial charge in [0, 0.05) is 49.0 Å². The molecule has 0 radical (unpaired) electrons. The molecular weight excluding hydrogens is 396 g/mol. The number of hydrogen-bond acceptors (Lipinski definition) is 6. The molecule has 2 aromatic heterocycles. The van der Waals surface area contributed by atoms with E-state index in [0.717, 1.165) is 60.4 Å². The van der Waals surface area contributed by atoms with E-state index >= 15 is 0 Å². The van der Waals surface area contributed by atoms with Crippen LogP contribution in [-0.2, 0) is 6.54 Å². The van der Waals surface area contributed by atoms with Crippen molar-refractivity contribution in [1.29, 1.82) is 0 Å². The third-order valence-corrected chi connectivity index (χ3v) is 6.05. The van der Waals surface area contributed by atoms with Crippen molar-refractivity contribution in [3.05, 3.63) is 84.2 Å². The van der Waals surface area contributed by atoms with Crippen molar-refractivity contribution in [3.63, 3.8) is 0 Å². The second kappa shape index (κ2) is 9.32. The SMILES string of the molecule is Cc1cnc(Nc2nccc3ccccc23)nc1NC1CCN(Cc2ccccc2)CC1. The van der Waals surface area contributed by atoms with Gasteiger partial charge in [-0.25, -0.2) is 9.97 Å². The van der Waals surface area contributed by atoms with E-state index in [-0.39, 0.29) is 0 Å². The van der Waals surface area contributed by atoms with E-state index in [1.165, 1.54) is 5.56 Å². The Hall–Kier alpha value is -3.51. The van der Waals surface area contributed by atoms with E-state index in [1.807, 2.05) is 31.3 Å². The van der Waals surface area contributed by atoms with Crippen molar-refractivity contribution in [2.75, 3.05) is 23.7 Å². The van der Waals surface area contributed by atoms with Crippen LogP contribution in [0, 0.1) is 6.92 Å². The van der Waals surface area contributed by atoms with Gasteiger partial charge in [-0.3, -0.25) is 4.90 Å². The topological polar surface area (TPSA) is 66.0 Å². The highest BCUT2D eigenvalue weighted by Gasteiger charge is 2.20. The average Bonchev–Trinajstić information content (AvgIpc) is 2.83. The summed E-state index contributed by atoms with van der Waals surface area (Å²) in [6, 6.07) is 21.3. The average molecular weight is 425 g/mol. The molecule has 32 heavy (non-hydrogen) atoms. The van der Waals surface area contributed by atoms with Gasteiger partial charge in [0.25, 0.3) is 0 Å². The van der Waals surface area contributed by atoms with Crippen LogP contribution in [0.25, 0.3) is 10.8 Å². The third kappa shape index (κ3) is 4.70. The molecule has 1 fully saturated rings. The van der Waals surface area contributed by atoms with Gasteiger partial charge in [-0.05, 0) is 36.8 Å². The van der Waals surface area contributed by atoms with Crippen LogP contribution in [0.3, 0.4) is 0 Å². The largest absolute Gasteiger partial charge is 0.367 e. The van der Waals surface area contributed by atoms with Crippen LogP contribution < -0.4 is 10.6 Å². The lowest BCUT2D eigenvalue weighted by molar-refractivity contribution is 0.211. The van der Waals surface area contributed by atoms with E-state index in [4.69, 9.17) is 4.98 Å². The maximum absolute atomic E-state index is 4.77. The fraction of sp³-hybridized carbons (Fsp3) is 0.269. The number of anilines is 3. The van der Waals surface area contributed by atoms with E-state index in [9.17, 15) is 0 Å². The zero-order chi connectivity index (χ0) is 21.8. The molecule has 0 saturated carbocycles. The van der Waals surface area contributed by atoms with Gasteiger partial charge in [0.15, 0.2) is 0 Å². The summed E-state index contributed by atoms with van der Waals surface area (Å²) in [6.07, 6.45) is 5.88. The first-order chi connectivity index (χ1) is 15.7. The molecule has 3 heterocycles. The number of rotatable bonds is 6. The summed E-state index contributed by atoms with van der Waals surface area (Å²) in [6.45, 7) is 5.24. The van der Waals surface area contributed by atoms with Crippen molar-refractivity contribution in [1.82, 2.24) is 19.9 Å². The number of aryl methyl sites for hydroxylation is 1. The Balaban J connectivity index is 1.24. The van der Waals surface area contributed by atoms with Crippen LogP contribution in [-0.4, -0.2) is 39.0 Å². The standard InChI is InChI=1S/C26H28N6/c1-19-17-28-26(31-25-23-10-6-5-9-21(23)11-14-27-25)30-24(19)29-22-12-15-32(16-13-22)18-20-7-3-2-4-8-20/h2-11,14,17,22H,12-13,15-16,18H2,1H3,(H2,27,28,29,30,31). The van der Waals surface area contributed by atoms with Crippen LogP contribution in [0.2, 0.25) is 0 Å². The van der Waals surface area contributed by atoms with Crippen molar-refractivity contribution in [2.24, 2.45) is 0 Å². The van der Waals surface area contributed by atoms with Crippen LogP contribution in [0.5, 0.6) is 0 Å². The molecule has 0 amide bonds. The number of benzene rings is 2. The molecular formula is C26H28N6. The van der Waals surface area contributed by atoms with Gasteiger partial charge in [-0.1, -0.05) is 54.6 Å². The molecule has 0 unspecified atom stereocenters. The molecule has 0 spiro atoms. The number of pyridine rings is 1. The number of hydrogen-bond donors (Lipinski definition) is 2. The molecule has 0 aliphatic carbocycles. The molecule has 1 aliphatic heterocycles. The molecule has 6 nitrogen and oxygen atoms in total. The van der Waals surface area contributed by atoms with Crippen LogP contribution in [0.4, 0.5) is 17.6 Å². The Morgan fingerprint density at radius 2 is 1.69 bits per heavy atom. The van der Waals surface area contributed by atoms with Crippen molar-refractivity contribution in [3.8, 4) is 0 Å². The first-order valence-corrected chi connectivity index (χ1v) is 11.2. The lowest BCUT2D eigenvalue weighted by Crippen LogP contribution is -2.38. The molecule has 0 bridgehead atoms. The summed E-state index contributed by atoms with van der Waals surface area (Å²) in [5.74, 6) is 2.22. The lowest BCUT2D eigenvalue weighted by Gasteiger charge is -2.32. The van der Waals surface area contributed by atoms with E-state index in [0.29, 0.717) is 12.0 Å². The predicted molar refractivity (Wildman–Crippen MR) is 130 cm³/mol. The number of piperidine rings is 1. The summed E-state index contributed by atoms with van der Waals surface area (Å²) in [5, 5.41) is 9.16. The van der Waals surface area contributed by atoms with E-state index in [2.05, 4.69) is 68.0 Å². The first-order valence-electron chi connectivity index (χ1n) is 11.2. The van der Waals surface area contributed by atoms with Gasteiger partial charge in [-0.2, -0.15) is 4.98 Å². The maximum atomic E-state index is 4.77. The Labute approximate surface area is 188 Å². The number of likely N-dealkylation sites (tertiary alicyclic amines) is 1. The molecule has 4 aromatic rings. The number of nitrogens with one attached hydrogen (secondary N) is 2. The molecule has 162 valence electrons. The smallest absolute Gasteiger partial charge is 0.230 e. The monoisotopic (exact) mass is 424 g/mol. The van der Waals surface area contributed by atoms with Gasteiger partial charge < -0.3 is 10.6 Å². The molecule has 2 aromatic carbocycles. The van der Waals surface area contributed by atoms with Gasteiger partial charge in [0.05, 0.1) is 0 Å². The van der Waals surface area contributed by atoms with Gasteiger partial charge in [-0.15, -0.1) is 0 Å². The minimum atomic E-state index is 0.416. The molecule has 1 aliphatic rings. The summed E-state index contributed by atoms with van der Waals surface area (Å²) in [5.41, 5.74) is 2.43. The Kier molecular flexibility index (Phi) is 5.94. The zero-order valence-corrected chi connectivity index (χ0v) is 18.3. The van der Waals surface area contributed by atoms with Crippen LogP contribution in [0.15, 0.2) is 73.1 Å². The molecule has 2 N–H and O–H groups in total. The Morgan fingerprint density at radius 1 is 0.906 bits per heavy atom. The predicted octanol–water partition coefficient (Wildman–Crippen LogP) is 5.15. The summed E-state index contributed by atoms with van der Waals surface area (Å²) in [7, 11) is 0. The van der Waals surface area contributed by atoms with E-state index < -0.39 is 0 Å². The number of nitrogens with zero attached hydrogens (tertiary/aromatic N) is 4. The minimum absolute atomic E-state index is 0.416. The number of aromatic nitrogens is 3. The third-order valence-electron chi connectivity index (χ3n) is 6.05. The zero-order valence-electron chi connectivity index (χ0n) is 18.3. The normalized spacial score (nSPS) is 15.0. The maximum Gasteiger partial charge on any atom is 0.230 e. The minimum Gasteiger partial charge on any atom is -0.367 e. The highest BCUT2D eigenvalue weighted by molar-refractivity contribution is 5.92. The molecule has 1 saturated heterocycles. The summed E-state index contributed by atoms with van der Waals surface area (Å²) >= 11 is 0. The quantitative estimate of drug-likeness (QED) is 0.446. The van der Waals surface area contributed by atoms with Crippen LogP contribution in [0.1, 0.15) is 24.0 Å². The second-order valence-corrected chi connectivity index (χ2v) is 8.41. The van der Waals surface area contributed by atoms with E-state index in [1.54, 1.807) is 6.20 Å². The van der Waals surface area contributed by atoms with Crippen molar-refractivity contribution in [2.45, 2.75) is 32.4 Å². The fourth-order valence-electron chi connectivity index (χ4n) is 4.24. The van der Waals surface area contributed by atoms with Crippen molar-refractivity contribution >= 4 is 28.4 Å². The molecule has 5 rings (SSSR count). The van der Waals surface area contributed by atoms with Crippen molar-refractivity contribution < 1.29 is 0 Å².